The number of nitrogens with one attached hydrogen (secondary N) is 1. The van der Waals surface area contributed by atoms with Crippen LogP contribution in [0.5, 0.6) is 5.75 Å². The minimum atomic E-state index is 0.109. The zero-order valence-electron chi connectivity index (χ0n) is 15.1. The van der Waals surface area contributed by atoms with Crippen molar-refractivity contribution in [3.63, 3.8) is 0 Å². The molecule has 1 fully saturated rings. The van der Waals surface area contributed by atoms with E-state index in [-0.39, 0.29) is 5.91 Å². The molecule has 1 aliphatic carbocycles. The standard InChI is InChI=1S/C19H29BrN2O2/c1-13-6-5-7-17(14(13)2)21-19(23)12-22(3)11-15-10-16(20)8-9-18(15)24-4/h8-10,13-14,17H,5-7,11-12H2,1-4H3,(H,21,23)/t13-,14-,17-/m1/s1. The maximum atomic E-state index is 12.4. The van der Waals surface area contributed by atoms with E-state index in [9.17, 15) is 4.79 Å². The van der Waals surface area contributed by atoms with Gasteiger partial charge >= 0.3 is 0 Å². The van der Waals surface area contributed by atoms with Gasteiger partial charge in [-0.05, 0) is 43.5 Å². The first-order valence-corrected chi connectivity index (χ1v) is 9.50. The van der Waals surface area contributed by atoms with Gasteiger partial charge in [0.2, 0.25) is 5.91 Å². The van der Waals surface area contributed by atoms with Crippen molar-refractivity contribution in [2.24, 2.45) is 11.8 Å². The number of ether oxygens (including phenoxy) is 1. The molecule has 5 heteroatoms. The van der Waals surface area contributed by atoms with E-state index in [1.165, 1.54) is 12.8 Å². The molecule has 1 amide bonds. The summed E-state index contributed by atoms with van der Waals surface area (Å²) < 4.78 is 6.42. The summed E-state index contributed by atoms with van der Waals surface area (Å²) in [4.78, 5) is 14.4. The summed E-state index contributed by atoms with van der Waals surface area (Å²) >= 11 is 3.49. The molecule has 24 heavy (non-hydrogen) atoms. The van der Waals surface area contributed by atoms with E-state index in [1.807, 2.05) is 30.1 Å². The minimum absolute atomic E-state index is 0.109. The first-order chi connectivity index (χ1) is 11.4. The van der Waals surface area contributed by atoms with Gasteiger partial charge in [-0.1, -0.05) is 42.6 Å². The van der Waals surface area contributed by atoms with E-state index >= 15 is 0 Å². The highest BCUT2D eigenvalue weighted by molar-refractivity contribution is 9.10. The Morgan fingerprint density at radius 2 is 2.12 bits per heavy atom. The third kappa shape index (κ3) is 5.21. The lowest BCUT2D eigenvalue weighted by molar-refractivity contribution is -0.123. The summed E-state index contributed by atoms with van der Waals surface area (Å²) in [5, 5.41) is 3.23. The minimum Gasteiger partial charge on any atom is -0.496 e. The fourth-order valence-corrected chi connectivity index (χ4v) is 3.91. The number of rotatable bonds is 6. The fourth-order valence-electron chi connectivity index (χ4n) is 3.50. The summed E-state index contributed by atoms with van der Waals surface area (Å²) in [7, 11) is 3.64. The van der Waals surface area contributed by atoms with Crippen LogP contribution in [0.2, 0.25) is 0 Å². The van der Waals surface area contributed by atoms with Crippen LogP contribution in [0.1, 0.15) is 38.7 Å². The molecule has 0 radical (unpaired) electrons. The number of hydrogen-bond acceptors (Lipinski definition) is 3. The lowest BCUT2D eigenvalue weighted by Gasteiger charge is -2.35. The monoisotopic (exact) mass is 396 g/mol. The fraction of sp³-hybridized carbons (Fsp3) is 0.632. The summed E-state index contributed by atoms with van der Waals surface area (Å²) in [5.41, 5.74) is 1.07. The van der Waals surface area contributed by atoms with Gasteiger partial charge in [-0.25, -0.2) is 0 Å². The van der Waals surface area contributed by atoms with Gasteiger partial charge in [0, 0.05) is 22.6 Å². The largest absolute Gasteiger partial charge is 0.496 e. The van der Waals surface area contributed by atoms with Crippen LogP contribution in [0, 0.1) is 11.8 Å². The molecule has 0 bridgehead atoms. The lowest BCUT2D eigenvalue weighted by atomic mass is 9.78. The Labute approximate surface area is 154 Å². The summed E-state index contributed by atoms with van der Waals surface area (Å²) in [6.07, 6.45) is 3.58. The Balaban J connectivity index is 1.89. The number of hydrogen-bond donors (Lipinski definition) is 1. The van der Waals surface area contributed by atoms with E-state index in [2.05, 4.69) is 35.1 Å². The number of carbonyl (C=O) groups excluding carboxylic acids is 1. The molecule has 134 valence electrons. The molecule has 0 spiro atoms. The number of halogens is 1. The van der Waals surface area contributed by atoms with Crippen molar-refractivity contribution >= 4 is 21.8 Å². The van der Waals surface area contributed by atoms with Gasteiger partial charge in [-0.3, -0.25) is 9.69 Å². The molecule has 1 aliphatic rings. The van der Waals surface area contributed by atoms with Crippen LogP contribution < -0.4 is 10.1 Å². The quantitative estimate of drug-likeness (QED) is 0.793. The van der Waals surface area contributed by atoms with Crippen molar-refractivity contribution in [3.05, 3.63) is 28.2 Å². The Hall–Kier alpha value is -1.07. The van der Waals surface area contributed by atoms with Crippen molar-refractivity contribution < 1.29 is 9.53 Å². The first-order valence-electron chi connectivity index (χ1n) is 8.71. The second-order valence-corrected chi connectivity index (χ2v) is 7.99. The maximum Gasteiger partial charge on any atom is 0.234 e. The molecule has 1 saturated carbocycles. The number of methoxy groups -OCH3 is 1. The molecule has 2 rings (SSSR count). The number of amides is 1. The molecular weight excluding hydrogens is 368 g/mol. The molecule has 0 unspecified atom stereocenters. The normalized spacial score (nSPS) is 24.0. The number of benzene rings is 1. The van der Waals surface area contributed by atoms with E-state index in [1.54, 1.807) is 7.11 Å². The zero-order valence-corrected chi connectivity index (χ0v) is 16.7. The second-order valence-electron chi connectivity index (χ2n) is 7.07. The van der Waals surface area contributed by atoms with Crippen molar-refractivity contribution in [2.75, 3.05) is 20.7 Å². The topological polar surface area (TPSA) is 41.6 Å². The van der Waals surface area contributed by atoms with Crippen LogP contribution in [0.4, 0.5) is 0 Å². The number of carbonyl (C=O) groups is 1. The van der Waals surface area contributed by atoms with Gasteiger partial charge in [-0.2, -0.15) is 0 Å². The Kier molecular flexibility index (Phi) is 7.11. The Morgan fingerprint density at radius 3 is 2.83 bits per heavy atom. The van der Waals surface area contributed by atoms with Crippen LogP contribution in [0.3, 0.4) is 0 Å². The second kappa shape index (κ2) is 8.86. The van der Waals surface area contributed by atoms with Gasteiger partial charge < -0.3 is 10.1 Å². The molecule has 0 aliphatic heterocycles. The summed E-state index contributed by atoms with van der Waals surface area (Å²) in [6.45, 7) is 5.61. The van der Waals surface area contributed by atoms with Crippen LogP contribution in [-0.2, 0) is 11.3 Å². The molecule has 1 aromatic carbocycles. The predicted molar refractivity (Wildman–Crippen MR) is 101 cm³/mol. The average molecular weight is 397 g/mol. The van der Waals surface area contributed by atoms with E-state index in [0.717, 1.165) is 22.2 Å². The van der Waals surface area contributed by atoms with Gasteiger partial charge in [0.1, 0.15) is 5.75 Å². The number of nitrogens with zero attached hydrogens (tertiary/aromatic N) is 1. The van der Waals surface area contributed by atoms with Crippen LogP contribution in [0.25, 0.3) is 0 Å². The molecule has 3 atom stereocenters. The van der Waals surface area contributed by atoms with Crippen molar-refractivity contribution in [1.29, 1.82) is 0 Å². The highest BCUT2D eigenvalue weighted by Gasteiger charge is 2.28. The van der Waals surface area contributed by atoms with E-state index in [4.69, 9.17) is 4.74 Å². The smallest absolute Gasteiger partial charge is 0.234 e. The Bertz CT molecular complexity index is 564. The Morgan fingerprint density at radius 1 is 1.38 bits per heavy atom. The van der Waals surface area contributed by atoms with Crippen LogP contribution in [0.15, 0.2) is 22.7 Å². The molecule has 0 aromatic heterocycles. The SMILES string of the molecule is COc1ccc(Br)cc1CN(C)CC(=O)N[C@@H]1CCC[C@@H](C)[C@H]1C. The maximum absolute atomic E-state index is 12.4. The molecular formula is C19H29BrN2O2. The van der Waals surface area contributed by atoms with E-state index in [0.29, 0.717) is 31.0 Å². The number of likely N-dealkylation sites (N-methyl/N-ethyl adjacent to an activating group) is 1. The zero-order chi connectivity index (χ0) is 17.7. The van der Waals surface area contributed by atoms with Crippen LogP contribution >= 0.6 is 15.9 Å². The van der Waals surface area contributed by atoms with Gasteiger partial charge in [0.15, 0.2) is 0 Å². The van der Waals surface area contributed by atoms with Crippen molar-refractivity contribution in [2.45, 2.75) is 45.7 Å². The first kappa shape index (κ1) is 19.3. The summed E-state index contributed by atoms with van der Waals surface area (Å²) in [6, 6.07) is 6.26. The molecule has 4 nitrogen and oxygen atoms in total. The van der Waals surface area contributed by atoms with E-state index < -0.39 is 0 Å². The average Bonchev–Trinajstić information content (AvgIpc) is 2.52. The van der Waals surface area contributed by atoms with Crippen LogP contribution in [-0.4, -0.2) is 37.6 Å². The highest BCUT2D eigenvalue weighted by Crippen LogP contribution is 2.29. The van der Waals surface area contributed by atoms with Gasteiger partial charge in [0.05, 0.1) is 13.7 Å². The van der Waals surface area contributed by atoms with Gasteiger partial charge in [0.25, 0.3) is 0 Å². The highest BCUT2D eigenvalue weighted by atomic mass is 79.9. The third-order valence-corrected chi connectivity index (χ3v) is 5.64. The molecule has 1 aromatic rings. The molecule has 0 saturated heterocycles. The van der Waals surface area contributed by atoms with Gasteiger partial charge in [-0.15, -0.1) is 0 Å². The predicted octanol–water partition coefficient (Wildman–Crippen LogP) is 3.83. The summed E-state index contributed by atoms with van der Waals surface area (Å²) in [5.74, 6) is 2.20. The lowest BCUT2D eigenvalue weighted by Crippen LogP contribution is -2.46. The molecule has 1 N–H and O–H groups in total. The molecule has 0 heterocycles. The van der Waals surface area contributed by atoms with Crippen molar-refractivity contribution in [1.82, 2.24) is 10.2 Å². The van der Waals surface area contributed by atoms with Crippen molar-refractivity contribution in [3.8, 4) is 5.75 Å². The third-order valence-electron chi connectivity index (χ3n) is 5.15.